The molecule has 0 amide bonds. The molecule has 0 aliphatic heterocycles. The number of aliphatic hydroxyl groups excluding tert-OH is 1. The summed E-state index contributed by atoms with van der Waals surface area (Å²) in [5, 5.41) is 19.9. The van der Waals surface area contributed by atoms with Gasteiger partial charge in [0.15, 0.2) is 0 Å². The number of aromatic nitrogens is 3. The van der Waals surface area contributed by atoms with Crippen LogP contribution in [0.15, 0.2) is 6.20 Å². The summed E-state index contributed by atoms with van der Waals surface area (Å²) in [4.78, 5) is 0. The Kier molecular flexibility index (Phi) is 4.55. The van der Waals surface area contributed by atoms with Crippen molar-refractivity contribution in [2.24, 2.45) is 7.05 Å². The molecule has 1 heterocycles. The molecule has 2 N–H and O–H groups in total. The van der Waals surface area contributed by atoms with Gasteiger partial charge in [-0.2, -0.15) is 0 Å². The minimum absolute atomic E-state index is 0.199. The number of hydrogen-bond donors (Lipinski definition) is 2. The largest absolute Gasteiger partial charge is 0.393 e. The van der Waals surface area contributed by atoms with Gasteiger partial charge in [0, 0.05) is 13.6 Å². The number of rotatable bonds is 6. The van der Waals surface area contributed by atoms with Crippen LogP contribution in [0.2, 0.25) is 0 Å². The van der Waals surface area contributed by atoms with E-state index < -0.39 is 0 Å². The van der Waals surface area contributed by atoms with Gasteiger partial charge >= 0.3 is 0 Å². The lowest BCUT2D eigenvalue weighted by Crippen LogP contribution is -2.18. The molecule has 80 valence electrons. The lowest BCUT2D eigenvalue weighted by atomic mass is 10.2. The van der Waals surface area contributed by atoms with Crippen molar-refractivity contribution in [1.82, 2.24) is 20.3 Å². The van der Waals surface area contributed by atoms with E-state index >= 15 is 0 Å². The van der Waals surface area contributed by atoms with Gasteiger partial charge < -0.3 is 10.4 Å². The Balaban J connectivity index is 2.08. The van der Waals surface area contributed by atoms with Gasteiger partial charge in [0.25, 0.3) is 0 Å². The normalized spacial score (nSPS) is 13.1. The van der Waals surface area contributed by atoms with E-state index in [9.17, 15) is 0 Å². The predicted octanol–water partition coefficient (Wildman–Crippen LogP) is 0.0657. The van der Waals surface area contributed by atoms with Crippen LogP contribution < -0.4 is 5.32 Å². The highest BCUT2D eigenvalue weighted by molar-refractivity contribution is 4.91. The molecular weight excluding hydrogens is 180 g/mol. The predicted molar refractivity (Wildman–Crippen MR) is 53.6 cm³/mol. The molecule has 0 aromatic carbocycles. The van der Waals surface area contributed by atoms with Gasteiger partial charge in [0.2, 0.25) is 0 Å². The Morgan fingerprint density at radius 3 is 3.00 bits per heavy atom. The quantitative estimate of drug-likeness (QED) is 0.635. The molecule has 1 aromatic rings. The van der Waals surface area contributed by atoms with Crippen LogP contribution in [0.25, 0.3) is 0 Å². The second-order valence-corrected chi connectivity index (χ2v) is 3.52. The number of aryl methyl sites for hydroxylation is 1. The van der Waals surface area contributed by atoms with Crippen molar-refractivity contribution < 1.29 is 5.11 Å². The van der Waals surface area contributed by atoms with Crippen LogP contribution in [0.5, 0.6) is 0 Å². The summed E-state index contributed by atoms with van der Waals surface area (Å²) in [6.07, 6.45) is 3.39. The average Bonchev–Trinajstić information content (AvgIpc) is 2.51. The van der Waals surface area contributed by atoms with E-state index in [-0.39, 0.29) is 6.10 Å². The third kappa shape index (κ3) is 3.85. The molecule has 0 aliphatic carbocycles. The first-order valence-electron chi connectivity index (χ1n) is 4.92. The average molecular weight is 198 g/mol. The third-order valence-electron chi connectivity index (χ3n) is 2.09. The monoisotopic (exact) mass is 198 g/mol. The fraction of sp³-hybridized carbons (Fsp3) is 0.778. The first-order valence-corrected chi connectivity index (χ1v) is 4.92. The molecule has 14 heavy (non-hydrogen) atoms. The maximum Gasteiger partial charge on any atom is 0.0738 e. The second-order valence-electron chi connectivity index (χ2n) is 3.52. The third-order valence-corrected chi connectivity index (χ3v) is 2.09. The summed E-state index contributed by atoms with van der Waals surface area (Å²) in [6.45, 7) is 3.50. The molecule has 1 unspecified atom stereocenters. The molecular formula is C9H18N4O. The zero-order valence-electron chi connectivity index (χ0n) is 8.77. The lowest BCUT2D eigenvalue weighted by Gasteiger charge is -2.05. The van der Waals surface area contributed by atoms with E-state index in [1.54, 1.807) is 10.9 Å². The molecule has 1 atom stereocenters. The lowest BCUT2D eigenvalue weighted by molar-refractivity contribution is 0.181. The van der Waals surface area contributed by atoms with E-state index in [1.807, 2.05) is 14.0 Å². The molecule has 0 radical (unpaired) electrons. The highest BCUT2D eigenvalue weighted by Gasteiger charge is 1.99. The fourth-order valence-electron chi connectivity index (χ4n) is 1.21. The summed E-state index contributed by atoms with van der Waals surface area (Å²) in [5.41, 5.74) is 1.07. The number of nitrogens with one attached hydrogen (secondary N) is 1. The SMILES string of the molecule is CC(O)CCCNCc1cnnn1C. The summed E-state index contributed by atoms with van der Waals surface area (Å²) in [5.74, 6) is 0. The van der Waals surface area contributed by atoms with E-state index in [4.69, 9.17) is 5.11 Å². The molecule has 0 aliphatic rings. The molecule has 0 saturated carbocycles. The van der Waals surface area contributed by atoms with Crippen LogP contribution in [0.4, 0.5) is 0 Å². The molecule has 5 heteroatoms. The number of aliphatic hydroxyl groups is 1. The molecule has 0 fully saturated rings. The van der Waals surface area contributed by atoms with Gasteiger partial charge in [0.1, 0.15) is 0 Å². The Morgan fingerprint density at radius 1 is 1.64 bits per heavy atom. The molecule has 1 rings (SSSR count). The smallest absolute Gasteiger partial charge is 0.0738 e. The van der Waals surface area contributed by atoms with E-state index in [1.165, 1.54) is 0 Å². The van der Waals surface area contributed by atoms with E-state index in [2.05, 4.69) is 15.6 Å². The van der Waals surface area contributed by atoms with Crippen molar-refractivity contribution in [3.63, 3.8) is 0 Å². The Labute approximate surface area is 84.1 Å². The first-order chi connectivity index (χ1) is 6.70. The minimum Gasteiger partial charge on any atom is -0.393 e. The molecule has 0 bridgehead atoms. The zero-order valence-corrected chi connectivity index (χ0v) is 8.77. The number of hydrogen-bond acceptors (Lipinski definition) is 4. The van der Waals surface area contributed by atoms with Crippen LogP contribution >= 0.6 is 0 Å². The Hall–Kier alpha value is -0.940. The number of nitrogens with zero attached hydrogens (tertiary/aromatic N) is 3. The Bertz CT molecular complexity index is 259. The highest BCUT2D eigenvalue weighted by Crippen LogP contribution is 1.95. The van der Waals surface area contributed by atoms with Crippen LogP contribution in [-0.2, 0) is 13.6 Å². The van der Waals surface area contributed by atoms with Gasteiger partial charge in [-0.15, -0.1) is 5.10 Å². The van der Waals surface area contributed by atoms with E-state index in [0.29, 0.717) is 0 Å². The molecule has 1 aromatic heterocycles. The second kappa shape index (κ2) is 5.72. The summed E-state index contributed by atoms with van der Waals surface area (Å²) in [6, 6.07) is 0. The maximum atomic E-state index is 9.03. The summed E-state index contributed by atoms with van der Waals surface area (Å²) >= 11 is 0. The van der Waals surface area contributed by atoms with Gasteiger partial charge in [-0.1, -0.05) is 5.21 Å². The van der Waals surface area contributed by atoms with Crippen LogP contribution in [0.3, 0.4) is 0 Å². The van der Waals surface area contributed by atoms with Crippen LogP contribution in [0.1, 0.15) is 25.5 Å². The van der Waals surface area contributed by atoms with Crippen molar-refractivity contribution >= 4 is 0 Å². The van der Waals surface area contributed by atoms with Gasteiger partial charge in [-0.25, -0.2) is 0 Å². The Morgan fingerprint density at radius 2 is 2.43 bits per heavy atom. The van der Waals surface area contributed by atoms with Crippen LogP contribution in [-0.4, -0.2) is 32.7 Å². The van der Waals surface area contributed by atoms with Gasteiger partial charge in [0.05, 0.1) is 18.0 Å². The van der Waals surface area contributed by atoms with Crippen molar-refractivity contribution in [3.8, 4) is 0 Å². The zero-order chi connectivity index (χ0) is 10.4. The molecule has 5 nitrogen and oxygen atoms in total. The van der Waals surface area contributed by atoms with Crippen LogP contribution in [0, 0.1) is 0 Å². The van der Waals surface area contributed by atoms with Gasteiger partial charge in [-0.3, -0.25) is 4.68 Å². The fourth-order valence-corrected chi connectivity index (χ4v) is 1.21. The maximum absolute atomic E-state index is 9.03. The van der Waals surface area contributed by atoms with Crippen molar-refractivity contribution in [1.29, 1.82) is 0 Å². The molecule has 0 saturated heterocycles. The summed E-state index contributed by atoms with van der Waals surface area (Å²) < 4.78 is 1.75. The van der Waals surface area contributed by atoms with Crippen molar-refractivity contribution in [2.45, 2.75) is 32.4 Å². The van der Waals surface area contributed by atoms with Crippen molar-refractivity contribution in [2.75, 3.05) is 6.54 Å². The summed E-state index contributed by atoms with van der Waals surface area (Å²) in [7, 11) is 1.87. The molecule has 0 spiro atoms. The highest BCUT2D eigenvalue weighted by atomic mass is 16.3. The van der Waals surface area contributed by atoms with E-state index in [0.717, 1.165) is 31.6 Å². The minimum atomic E-state index is -0.199. The van der Waals surface area contributed by atoms with Crippen molar-refractivity contribution in [3.05, 3.63) is 11.9 Å². The topological polar surface area (TPSA) is 63.0 Å². The first kappa shape index (κ1) is 11.1. The standard InChI is InChI=1S/C9H18N4O/c1-8(14)4-3-5-10-6-9-7-11-12-13(9)2/h7-8,10,14H,3-6H2,1-2H3. The van der Waals surface area contributed by atoms with Gasteiger partial charge in [-0.05, 0) is 26.3 Å².